The summed E-state index contributed by atoms with van der Waals surface area (Å²) in [6.07, 6.45) is 9.72. The second-order valence-corrected chi connectivity index (χ2v) is 13.9. The van der Waals surface area contributed by atoms with Gasteiger partial charge in [-0.2, -0.15) is 0 Å². The summed E-state index contributed by atoms with van der Waals surface area (Å²) in [6.45, 7) is 7.31. The first-order valence-electron chi connectivity index (χ1n) is 11.2. The van der Waals surface area contributed by atoms with Gasteiger partial charge in [-0.05, 0) is 52.7 Å². The quantitative estimate of drug-likeness (QED) is 0.382. The van der Waals surface area contributed by atoms with Crippen molar-refractivity contribution in [3.05, 3.63) is 84.5 Å². The molecular weight excluding hydrogens is 400 g/mol. The van der Waals surface area contributed by atoms with Crippen LogP contribution < -0.4 is 10.4 Å². The van der Waals surface area contributed by atoms with Gasteiger partial charge in [-0.25, -0.2) is 4.79 Å². The van der Waals surface area contributed by atoms with Gasteiger partial charge in [0.05, 0.1) is 6.61 Å². The third-order valence-corrected chi connectivity index (χ3v) is 11.6. The highest BCUT2D eigenvalue weighted by molar-refractivity contribution is 6.99. The number of allylic oxidation sites excluding steroid dienone is 1. The van der Waals surface area contributed by atoms with E-state index in [1.807, 2.05) is 6.08 Å². The van der Waals surface area contributed by atoms with E-state index in [1.165, 1.54) is 10.4 Å². The lowest BCUT2D eigenvalue weighted by Gasteiger charge is -2.44. The maximum atomic E-state index is 12.0. The van der Waals surface area contributed by atoms with Crippen LogP contribution in [-0.4, -0.2) is 26.5 Å². The van der Waals surface area contributed by atoms with Gasteiger partial charge >= 0.3 is 5.97 Å². The van der Waals surface area contributed by atoms with E-state index in [0.717, 1.165) is 31.3 Å². The Morgan fingerprint density at radius 1 is 0.968 bits per heavy atom. The van der Waals surface area contributed by atoms with Gasteiger partial charge in [0.15, 0.2) is 5.60 Å². The molecule has 1 aliphatic carbocycles. The predicted octanol–water partition coefficient (Wildman–Crippen LogP) is 4.92. The Kier molecular flexibility index (Phi) is 6.04. The van der Waals surface area contributed by atoms with Gasteiger partial charge in [0.25, 0.3) is 8.32 Å². The van der Waals surface area contributed by atoms with Crippen LogP contribution in [0.5, 0.6) is 0 Å². The summed E-state index contributed by atoms with van der Waals surface area (Å²) in [5, 5.41) is 2.43. The van der Waals surface area contributed by atoms with Crippen molar-refractivity contribution in [2.45, 2.75) is 57.1 Å². The monoisotopic (exact) mass is 432 g/mol. The van der Waals surface area contributed by atoms with Crippen LogP contribution >= 0.6 is 0 Å². The fourth-order valence-electron chi connectivity index (χ4n) is 5.03. The van der Waals surface area contributed by atoms with Crippen LogP contribution in [0.3, 0.4) is 0 Å². The van der Waals surface area contributed by atoms with Crippen molar-refractivity contribution >= 4 is 24.7 Å². The number of hydrogen-bond donors (Lipinski definition) is 0. The summed E-state index contributed by atoms with van der Waals surface area (Å²) < 4.78 is 13.0. The van der Waals surface area contributed by atoms with Gasteiger partial charge in [-0.15, -0.1) is 0 Å². The Hall–Kier alpha value is -2.43. The van der Waals surface area contributed by atoms with Crippen LogP contribution in [0.4, 0.5) is 0 Å². The second kappa shape index (κ2) is 8.60. The van der Waals surface area contributed by atoms with Crippen LogP contribution in [0.25, 0.3) is 0 Å². The lowest BCUT2D eigenvalue weighted by Crippen LogP contribution is -2.66. The van der Waals surface area contributed by atoms with Crippen LogP contribution in [0, 0.1) is 0 Å². The van der Waals surface area contributed by atoms with Gasteiger partial charge in [-0.3, -0.25) is 0 Å². The van der Waals surface area contributed by atoms with Crippen LogP contribution in [-0.2, 0) is 14.0 Å². The third kappa shape index (κ3) is 4.07. The molecule has 0 N–H and O–H groups in total. The third-order valence-electron chi connectivity index (χ3n) is 6.57. The molecule has 0 saturated carbocycles. The van der Waals surface area contributed by atoms with Gasteiger partial charge in [-0.1, -0.05) is 87.5 Å². The number of benzene rings is 2. The predicted molar refractivity (Wildman–Crippen MR) is 128 cm³/mol. The Bertz CT molecular complexity index is 933. The molecule has 2 aliphatic rings. The smallest absolute Gasteiger partial charge is 0.331 e. The minimum Gasteiger partial charge on any atom is -0.447 e. The van der Waals surface area contributed by atoms with Gasteiger partial charge in [0, 0.05) is 6.08 Å². The molecule has 4 heteroatoms. The highest BCUT2D eigenvalue weighted by atomic mass is 28.4. The summed E-state index contributed by atoms with van der Waals surface area (Å²) in [7, 11) is -2.64. The molecule has 0 unspecified atom stereocenters. The fourth-order valence-corrected chi connectivity index (χ4v) is 9.55. The summed E-state index contributed by atoms with van der Waals surface area (Å²) >= 11 is 0. The maximum Gasteiger partial charge on any atom is 0.331 e. The molecule has 2 aromatic carbocycles. The lowest BCUT2D eigenvalue weighted by molar-refractivity contribution is -0.143. The highest BCUT2D eigenvalue weighted by Gasteiger charge is 2.51. The second-order valence-electron chi connectivity index (χ2n) is 9.57. The first-order chi connectivity index (χ1) is 14.9. The molecule has 162 valence electrons. The molecule has 0 bridgehead atoms. The van der Waals surface area contributed by atoms with Gasteiger partial charge in [0.1, 0.15) is 0 Å². The van der Waals surface area contributed by atoms with Crippen LogP contribution in [0.2, 0.25) is 5.04 Å². The zero-order valence-electron chi connectivity index (χ0n) is 18.8. The van der Waals surface area contributed by atoms with Crippen LogP contribution in [0.15, 0.2) is 84.5 Å². The Morgan fingerprint density at radius 2 is 1.58 bits per heavy atom. The fraction of sp³-hybridized carbons (Fsp3) is 0.370. The van der Waals surface area contributed by atoms with Gasteiger partial charge < -0.3 is 9.16 Å². The minimum absolute atomic E-state index is 0.0870. The first kappa shape index (κ1) is 21.8. The zero-order valence-corrected chi connectivity index (χ0v) is 19.8. The number of carbonyl (C=O) groups excluding carboxylic acids is 1. The average molecular weight is 433 g/mol. The Labute approximate surface area is 186 Å². The van der Waals surface area contributed by atoms with Crippen molar-refractivity contribution in [3.63, 3.8) is 0 Å². The molecule has 0 aromatic heterocycles. The molecule has 2 aromatic rings. The largest absolute Gasteiger partial charge is 0.447 e. The maximum absolute atomic E-state index is 12.0. The molecule has 3 nitrogen and oxygen atoms in total. The van der Waals surface area contributed by atoms with Crippen LogP contribution in [0.1, 0.15) is 46.5 Å². The summed E-state index contributed by atoms with van der Waals surface area (Å²) in [5.74, 6) is -0.252. The molecule has 1 aliphatic heterocycles. The number of rotatable bonds is 5. The van der Waals surface area contributed by atoms with Crippen molar-refractivity contribution in [3.8, 4) is 0 Å². The zero-order chi connectivity index (χ0) is 22.0. The normalized spacial score (nSPS) is 21.6. The van der Waals surface area contributed by atoms with Gasteiger partial charge in [0.2, 0.25) is 0 Å². The van der Waals surface area contributed by atoms with E-state index in [4.69, 9.17) is 9.16 Å². The highest BCUT2D eigenvalue weighted by Crippen LogP contribution is 2.40. The van der Waals surface area contributed by atoms with E-state index in [1.54, 1.807) is 6.08 Å². The molecule has 0 fully saturated rings. The van der Waals surface area contributed by atoms with E-state index in [-0.39, 0.29) is 11.0 Å². The molecular formula is C27H32O3Si. The number of ether oxygens (including phenoxy) is 1. The molecule has 31 heavy (non-hydrogen) atoms. The van der Waals surface area contributed by atoms with Crippen molar-refractivity contribution in [2.24, 2.45) is 0 Å². The summed E-state index contributed by atoms with van der Waals surface area (Å²) in [6, 6.07) is 21.3. The van der Waals surface area contributed by atoms with Crippen molar-refractivity contribution in [1.82, 2.24) is 0 Å². The molecule has 0 saturated heterocycles. The number of carbonyl (C=O) groups is 1. The van der Waals surface area contributed by atoms with Crippen molar-refractivity contribution < 1.29 is 14.0 Å². The molecule has 4 rings (SSSR count). The number of hydrogen-bond acceptors (Lipinski definition) is 3. The Morgan fingerprint density at radius 3 is 2.10 bits per heavy atom. The minimum atomic E-state index is -2.64. The first-order valence-corrected chi connectivity index (χ1v) is 13.1. The topological polar surface area (TPSA) is 35.5 Å². The SMILES string of the molecule is CC(C)(C)[Si](OCC1=CCCCC[C@]12C=CC(=O)O2)(c1ccccc1)c1ccccc1. The van der Waals surface area contributed by atoms with Crippen molar-refractivity contribution in [2.75, 3.05) is 6.61 Å². The van der Waals surface area contributed by atoms with Crippen molar-refractivity contribution in [1.29, 1.82) is 0 Å². The Balaban J connectivity index is 1.77. The van der Waals surface area contributed by atoms with E-state index >= 15 is 0 Å². The molecule has 1 spiro atoms. The summed E-state index contributed by atoms with van der Waals surface area (Å²) in [5.41, 5.74) is 0.444. The van der Waals surface area contributed by atoms with E-state index in [2.05, 4.69) is 87.5 Å². The standard InChI is InChI=1S/C27H32O3Si/c1-26(2,3)31(23-14-8-4-9-15-23,24-16-10-5-11-17-24)29-21-22-13-7-6-12-19-27(22)20-18-25(28)30-27/h4-5,8-11,13-18,20H,6-7,12,19,21H2,1-3H3/t27-/m0/s1. The van der Waals surface area contributed by atoms with E-state index in [0.29, 0.717) is 6.61 Å². The lowest BCUT2D eigenvalue weighted by atomic mass is 9.90. The van der Waals surface area contributed by atoms with E-state index in [9.17, 15) is 4.79 Å². The molecule has 0 radical (unpaired) electrons. The molecule has 0 amide bonds. The molecule has 1 atom stereocenters. The molecule has 1 heterocycles. The van der Waals surface area contributed by atoms with E-state index < -0.39 is 13.9 Å². The number of esters is 1. The average Bonchev–Trinajstić information content (AvgIpc) is 3.02. The summed E-state index contributed by atoms with van der Waals surface area (Å²) in [4.78, 5) is 12.0.